The van der Waals surface area contributed by atoms with Crippen LogP contribution in [-0.2, 0) is 4.79 Å². The average molecular weight is 341 g/mol. The third-order valence-electron chi connectivity index (χ3n) is 7.19. The van der Waals surface area contributed by atoms with Crippen molar-refractivity contribution in [2.24, 2.45) is 22.2 Å². The molecule has 4 saturated carbocycles. The highest BCUT2D eigenvalue weighted by atomic mass is 35.5. The van der Waals surface area contributed by atoms with E-state index < -0.39 is 0 Å². The zero-order chi connectivity index (χ0) is 15.6. The van der Waals surface area contributed by atoms with Gasteiger partial charge in [-0.2, -0.15) is 0 Å². The third-order valence-corrected chi connectivity index (χ3v) is 7.19. The molecule has 5 rings (SSSR count). The number of carbonyl (C=O) groups excluding carboxylic acids is 1. The lowest BCUT2D eigenvalue weighted by Gasteiger charge is -2.64. The quantitative estimate of drug-likeness (QED) is 0.805. The number of carbonyl (C=O) groups is 1. The van der Waals surface area contributed by atoms with Crippen LogP contribution >= 0.6 is 12.4 Å². The molecular weight excluding hydrogens is 308 g/mol. The summed E-state index contributed by atoms with van der Waals surface area (Å²) >= 11 is 0. The normalized spacial score (nSPS) is 51.2. The molecular formula is C19H33ClN2O. The third kappa shape index (κ3) is 2.93. The molecule has 23 heavy (non-hydrogen) atoms. The lowest BCUT2D eigenvalue weighted by molar-refractivity contribution is -0.171. The van der Waals surface area contributed by atoms with E-state index in [1.807, 2.05) is 0 Å². The first-order valence-electron chi connectivity index (χ1n) is 9.36. The summed E-state index contributed by atoms with van der Waals surface area (Å²) in [6, 6.07) is 0.743. The summed E-state index contributed by atoms with van der Waals surface area (Å²) in [7, 11) is 0. The smallest absolute Gasteiger partial charge is 0.226 e. The Kier molecular flexibility index (Phi) is 4.29. The van der Waals surface area contributed by atoms with Crippen LogP contribution in [0.2, 0.25) is 0 Å². The Balaban J connectivity index is 0.00000156. The summed E-state index contributed by atoms with van der Waals surface area (Å²) < 4.78 is 0. The molecule has 0 aromatic rings. The summed E-state index contributed by atoms with van der Waals surface area (Å²) in [5.74, 6) is 1.17. The first-order valence-corrected chi connectivity index (χ1v) is 9.36. The van der Waals surface area contributed by atoms with Gasteiger partial charge in [-0.05, 0) is 81.6 Å². The molecule has 1 aliphatic heterocycles. The van der Waals surface area contributed by atoms with Gasteiger partial charge in [-0.15, -0.1) is 12.4 Å². The predicted molar refractivity (Wildman–Crippen MR) is 95.7 cm³/mol. The van der Waals surface area contributed by atoms with Crippen molar-refractivity contribution in [2.45, 2.75) is 84.2 Å². The van der Waals surface area contributed by atoms with Gasteiger partial charge in [0.15, 0.2) is 0 Å². The molecule has 2 N–H and O–H groups in total. The van der Waals surface area contributed by atoms with Crippen molar-refractivity contribution in [2.75, 3.05) is 6.54 Å². The second kappa shape index (κ2) is 5.62. The summed E-state index contributed by atoms with van der Waals surface area (Å²) in [6.45, 7) is 8.20. The maximum atomic E-state index is 13.3. The largest absolute Gasteiger partial charge is 0.351 e. The van der Waals surface area contributed by atoms with Crippen LogP contribution in [0.1, 0.15) is 72.1 Å². The van der Waals surface area contributed by atoms with Gasteiger partial charge in [0.25, 0.3) is 0 Å². The summed E-state index contributed by atoms with van der Waals surface area (Å²) in [5, 5.41) is 6.97. The molecule has 0 aromatic heterocycles. The van der Waals surface area contributed by atoms with Gasteiger partial charge < -0.3 is 10.6 Å². The molecule has 4 unspecified atom stereocenters. The number of hydrogen-bond donors (Lipinski definition) is 2. The van der Waals surface area contributed by atoms with Crippen molar-refractivity contribution in [3.63, 3.8) is 0 Å². The molecule has 0 radical (unpaired) electrons. The van der Waals surface area contributed by atoms with Gasteiger partial charge >= 0.3 is 0 Å². The summed E-state index contributed by atoms with van der Waals surface area (Å²) in [4.78, 5) is 13.3. The Hall–Kier alpha value is -0.280. The molecule has 0 spiro atoms. The van der Waals surface area contributed by atoms with Crippen molar-refractivity contribution in [1.82, 2.24) is 10.6 Å². The van der Waals surface area contributed by atoms with Crippen LogP contribution in [0.3, 0.4) is 0 Å². The molecule has 1 amide bonds. The molecule has 4 bridgehead atoms. The van der Waals surface area contributed by atoms with Gasteiger partial charge in [0.05, 0.1) is 5.41 Å². The number of nitrogens with one attached hydrogen (secondary N) is 2. The SMILES string of the molecule is CC1NCCCC1NC(=O)C12CC3CC(C)(CC(C)(C3)C1)C2.Cl. The Morgan fingerprint density at radius 3 is 2.30 bits per heavy atom. The van der Waals surface area contributed by atoms with Gasteiger partial charge in [0.1, 0.15) is 0 Å². The lowest BCUT2D eigenvalue weighted by atomic mass is 9.40. The Morgan fingerprint density at radius 1 is 1.09 bits per heavy atom. The van der Waals surface area contributed by atoms with Crippen molar-refractivity contribution < 1.29 is 4.79 Å². The van der Waals surface area contributed by atoms with E-state index >= 15 is 0 Å². The number of piperidine rings is 1. The van der Waals surface area contributed by atoms with Crippen molar-refractivity contribution in [3.8, 4) is 0 Å². The van der Waals surface area contributed by atoms with Crippen LogP contribution in [0.5, 0.6) is 0 Å². The standard InChI is InChI=1S/C19H32N2O.ClH/c1-13-15(5-4-6-20-13)21-16(22)19-9-14-7-17(2,11-19)10-18(3,8-14)12-19;/h13-15,20H,4-12H2,1-3H3,(H,21,22);1H. The highest BCUT2D eigenvalue weighted by Gasteiger charge is 2.62. The molecule has 132 valence electrons. The highest BCUT2D eigenvalue weighted by molar-refractivity contribution is 5.85. The minimum atomic E-state index is -0.0555. The van der Waals surface area contributed by atoms with Crippen LogP contribution in [-0.4, -0.2) is 24.5 Å². The maximum absolute atomic E-state index is 13.3. The fourth-order valence-corrected chi connectivity index (χ4v) is 7.26. The van der Waals surface area contributed by atoms with Crippen molar-refractivity contribution >= 4 is 18.3 Å². The van der Waals surface area contributed by atoms with Crippen LogP contribution in [0.15, 0.2) is 0 Å². The Labute approximate surface area is 147 Å². The summed E-state index contributed by atoms with van der Waals surface area (Å²) in [6.07, 6.45) is 9.79. The number of amides is 1. The first kappa shape index (κ1) is 17.5. The monoisotopic (exact) mass is 340 g/mol. The van der Waals surface area contributed by atoms with Crippen LogP contribution < -0.4 is 10.6 Å². The molecule has 4 atom stereocenters. The van der Waals surface area contributed by atoms with E-state index in [0.29, 0.717) is 28.8 Å². The lowest BCUT2D eigenvalue weighted by Crippen LogP contribution is -2.62. The molecule has 5 fully saturated rings. The van der Waals surface area contributed by atoms with Gasteiger partial charge in [0.2, 0.25) is 5.91 Å². The number of hydrogen-bond acceptors (Lipinski definition) is 2. The Morgan fingerprint density at radius 2 is 1.74 bits per heavy atom. The van der Waals surface area contributed by atoms with Gasteiger partial charge in [0, 0.05) is 12.1 Å². The minimum absolute atomic E-state index is 0. The van der Waals surface area contributed by atoms with E-state index in [0.717, 1.165) is 38.1 Å². The fourth-order valence-electron chi connectivity index (χ4n) is 7.26. The van der Waals surface area contributed by atoms with E-state index in [1.54, 1.807) is 0 Å². The van der Waals surface area contributed by atoms with Crippen LogP contribution in [0.4, 0.5) is 0 Å². The summed E-state index contributed by atoms with van der Waals surface area (Å²) in [5.41, 5.74) is 0.782. The van der Waals surface area contributed by atoms with Gasteiger partial charge in [-0.25, -0.2) is 0 Å². The van der Waals surface area contributed by atoms with Crippen LogP contribution in [0.25, 0.3) is 0 Å². The van der Waals surface area contributed by atoms with E-state index in [4.69, 9.17) is 0 Å². The van der Waals surface area contributed by atoms with Crippen molar-refractivity contribution in [3.05, 3.63) is 0 Å². The highest BCUT2D eigenvalue weighted by Crippen LogP contribution is 2.69. The topological polar surface area (TPSA) is 41.1 Å². The molecule has 1 heterocycles. The van der Waals surface area contributed by atoms with Gasteiger partial charge in [-0.1, -0.05) is 13.8 Å². The zero-order valence-electron chi connectivity index (χ0n) is 14.9. The molecule has 4 heteroatoms. The van der Waals surface area contributed by atoms with E-state index in [-0.39, 0.29) is 17.8 Å². The number of halogens is 1. The molecule has 3 nitrogen and oxygen atoms in total. The Bertz CT molecular complexity index is 476. The first-order chi connectivity index (χ1) is 10.3. The average Bonchev–Trinajstić information content (AvgIpc) is 2.37. The molecule has 5 aliphatic rings. The van der Waals surface area contributed by atoms with E-state index in [2.05, 4.69) is 31.4 Å². The van der Waals surface area contributed by atoms with E-state index in [1.165, 1.54) is 25.7 Å². The molecule has 4 aliphatic carbocycles. The number of rotatable bonds is 2. The predicted octanol–water partition coefficient (Wildman–Crippen LogP) is 3.66. The second-order valence-electron chi connectivity index (χ2n) is 9.88. The fraction of sp³-hybridized carbons (Fsp3) is 0.947. The second-order valence-corrected chi connectivity index (χ2v) is 9.88. The molecule has 0 aromatic carbocycles. The van der Waals surface area contributed by atoms with Crippen molar-refractivity contribution in [1.29, 1.82) is 0 Å². The zero-order valence-corrected chi connectivity index (χ0v) is 15.7. The minimum Gasteiger partial charge on any atom is -0.351 e. The maximum Gasteiger partial charge on any atom is 0.226 e. The van der Waals surface area contributed by atoms with Crippen LogP contribution in [0, 0.1) is 22.2 Å². The molecule has 1 saturated heterocycles. The van der Waals surface area contributed by atoms with E-state index in [9.17, 15) is 4.79 Å². The van der Waals surface area contributed by atoms with Gasteiger partial charge in [-0.3, -0.25) is 4.79 Å².